The molecule has 0 aliphatic carbocycles. The van der Waals surface area contributed by atoms with Crippen LogP contribution in [0.15, 0.2) is 24.3 Å². The zero-order valence-electron chi connectivity index (χ0n) is 9.17. The molecule has 0 spiro atoms. The maximum atomic E-state index is 11.0. The highest BCUT2D eigenvalue weighted by atomic mass is 16.6. The molecular formula is C11H16O4. The highest BCUT2D eigenvalue weighted by Crippen LogP contribution is 1.96. The van der Waals surface area contributed by atoms with Crippen molar-refractivity contribution in [2.24, 2.45) is 0 Å². The van der Waals surface area contributed by atoms with Gasteiger partial charge < -0.3 is 9.47 Å². The second-order valence-corrected chi connectivity index (χ2v) is 3.41. The molecule has 0 N–H and O–H groups in total. The molecule has 4 nitrogen and oxygen atoms in total. The van der Waals surface area contributed by atoms with Gasteiger partial charge in [0.15, 0.2) is 0 Å². The lowest BCUT2D eigenvalue weighted by Gasteiger charge is -2.05. The van der Waals surface area contributed by atoms with E-state index < -0.39 is 11.9 Å². The van der Waals surface area contributed by atoms with Crippen molar-refractivity contribution in [1.82, 2.24) is 0 Å². The summed E-state index contributed by atoms with van der Waals surface area (Å²) in [6.07, 6.45) is -0.374. The Morgan fingerprint density at radius 1 is 0.933 bits per heavy atom. The molecule has 0 amide bonds. The summed E-state index contributed by atoms with van der Waals surface area (Å²) < 4.78 is 9.44. The number of rotatable bonds is 6. The predicted molar refractivity (Wildman–Crippen MR) is 56.2 cm³/mol. The summed E-state index contributed by atoms with van der Waals surface area (Å²) in [5.74, 6) is -1.21. The van der Waals surface area contributed by atoms with Crippen molar-refractivity contribution in [3.8, 4) is 0 Å². The summed E-state index contributed by atoms with van der Waals surface area (Å²) in [5.41, 5.74) is 1.44. The summed E-state index contributed by atoms with van der Waals surface area (Å²) >= 11 is 0. The van der Waals surface area contributed by atoms with Crippen LogP contribution in [0.2, 0.25) is 0 Å². The van der Waals surface area contributed by atoms with E-state index in [2.05, 4.69) is 13.2 Å². The van der Waals surface area contributed by atoms with Crippen LogP contribution >= 0.6 is 0 Å². The van der Waals surface area contributed by atoms with Crippen LogP contribution in [-0.2, 0) is 19.1 Å². The molecule has 0 aromatic carbocycles. The topological polar surface area (TPSA) is 52.6 Å². The number of hydrogen-bond donors (Lipinski definition) is 0. The average Bonchev–Trinajstić information content (AvgIpc) is 2.11. The van der Waals surface area contributed by atoms with Crippen molar-refractivity contribution in [1.29, 1.82) is 0 Å². The molecular weight excluding hydrogens is 196 g/mol. The highest BCUT2D eigenvalue weighted by Gasteiger charge is 2.11. The zero-order valence-corrected chi connectivity index (χ0v) is 9.17. The average molecular weight is 212 g/mol. The van der Waals surface area contributed by atoms with Gasteiger partial charge in [0.1, 0.15) is 19.6 Å². The first-order valence-corrected chi connectivity index (χ1v) is 4.52. The second-order valence-electron chi connectivity index (χ2n) is 3.41. The molecule has 0 aliphatic heterocycles. The van der Waals surface area contributed by atoms with Gasteiger partial charge >= 0.3 is 11.9 Å². The van der Waals surface area contributed by atoms with Crippen molar-refractivity contribution >= 4 is 11.9 Å². The van der Waals surface area contributed by atoms with E-state index in [4.69, 9.17) is 9.47 Å². The van der Waals surface area contributed by atoms with E-state index in [1.54, 1.807) is 13.8 Å². The Morgan fingerprint density at radius 2 is 1.27 bits per heavy atom. The Bertz CT molecular complexity index is 250. The van der Waals surface area contributed by atoms with Crippen molar-refractivity contribution in [3.05, 3.63) is 24.3 Å². The van der Waals surface area contributed by atoms with Crippen molar-refractivity contribution < 1.29 is 19.1 Å². The Kier molecular flexibility index (Phi) is 6.09. The van der Waals surface area contributed by atoms with Crippen molar-refractivity contribution in [2.75, 3.05) is 13.2 Å². The van der Waals surface area contributed by atoms with Crippen LogP contribution in [0.3, 0.4) is 0 Å². The van der Waals surface area contributed by atoms with E-state index in [1.165, 1.54) is 0 Å². The third-order valence-corrected chi connectivity index (χ3v) is 1.25. The number of carbonyl (C=O) groups excluding carboxylic acids is 2. The summed E-state index contributed by atoms with van der Waals surface area (Å²) in [5, 5.41) is 0. The molecule has 0 unspecified atom stereocenters. The largest absolute Gasteiger partial charge is 0.461 e. The van der Waals surface area contributed by atoms with Gasteiger partial charge in [-0.25, -0.2) is 0 Å². The third-order valence-electron chi connectivity index (χ3n) is 1.25. The maximum Gasteiger partial charge on any atom is 0.317 e. The molecule has 0 aromatic rings. The lowest BCUT2D eigenvalue weighted by atomic mass is 10.4. The lowest BCUT2D eigenvalue weighted by molar-refractivity contribution is -0.153. The fraction of sp³-hybridized carbons (Fsp3) is 0.455. The van der Waals surface area contributed by atoms with Crippen molar-refractivity contribution in [3.63, 3.8) is 0 Å². The number of hydrogen-bond acceptors (Lipinski definition) is 4. The van der Waals surface area contributed by atoms with Crippen LogP contribution in [0.25, 0.3) is 0 Å². The first-order valence-electron chi connectivity index (χ1n) is 4.52. The van der Waals surface area contributed by atoms with Gasteiger partial charge in [-0.15, -0.1) is 0 Å². The van der Waals surface area contributed by atoms with Gasteiger partial charge in [-0.05, 0) is 25.0 Å². The number of carbonyl (C=O) groups is 2. The van der Waals surface area contributed by atoms with Gasteiger partial charge in [-0.1, -0.05) is 13.2 Å². The monoisotopic (exact) mass is 212 g/mol. The summed E-state index contributed by atoms with van der Waals surface area (Å²) in [6.45, 7) is 10.8. The highest BCUT2D eigenvalue weighted by molar-refractivity contribution is 5.91. The van der Waals surface area contributed by atoms with Crippen LogP contribution in [0.1, 0.15) is 20.3 Å². The minimum absolute atomic E-state index is 0.132. The van der Waals surface area contributed by atoms with E-state index in [0.29, 0.717) is 0 Å². The maximum absolute atomic E-state index is 11.0. The molecule has 0 saturated carbocycles. The lowest BCUT2D eigenvalue weighted by Crippen LogP contribution is -2.15. The standard InChI is InChI=1S/C11H16O4/c1-8(2)6-14-10(12)5-11(13)15-7-9(3)4/h1,3,5-7H2,2,4H3. The van der Waals surface area contributed by atoms with Crippen molar-refractivity contribution in [2.45, 2.75) is 20.3 Å². The molecule has 0 saturated heterocycles. The zero-order chi connectivity index (χ0) is 11.8. The Hall–Kier alpha value is -1.58. The molecule has 4 heteroatoms. The molecule has 0 aromatic heterocycles. The molecule has 0 aliphatic rings. The normalized spacial score (nSPS) is 9.20. The van der Waals surface area contributed by atoms with Gasteiger partial charge in [-0.2, -0.15) is 0 Å². The van der Waals surface area contributed by atoms with E-state index in [9.17, 15) is 9.59 Å². The second kappa shape index (κ2) is 6.81. The Morgan fingerprint density at radius 3 is 1.53 bits per heavy atom. The van der Waals surface area contributed by atoms with Gasteiger partial charge in [-0.3, -0.25) is 9.59 Å². The number of esters is 2. The molecule has 0 fully saturated rings. The minimum atomic E-state index is -0.607. The molecule has 0 heterocycles. The van der Waals surface area contributed by atoms with Crippen LogP contribution in [0, 0.1) is 0 Å². The van der Waals surface area contributed by atoms with Gasteiger partial charge in [0.05, 0.1) is 0 Å². The van der Waals surface area contributed by atoms with Gasteiger partial charge in [0, 0.05) is 0 Å². The van der Waals surface area contributed by atoms with E-state index in [-0.39, 0.29) is 19.6 Å². The molecule has 0 bridgehead atoms. The number of ether oxygens (including phenoxy) is 2. The third kappa shape index (κ3) is 8.74. The van der Waals surface area contributed by atoms with E-state index >= 15 is 0 Å². The molecule has 15 heavy (non-hydrogen) atoms. The molecule has 84 valence electrons. The van der Waals surface area contributed by atoms with Gasteiger partial charge in [0.25, 0.3) is 0 Å². The smallest absolute Gasteiger partial charge is 0.317 e. The fourth-order valence-electron chi connectivity index (χ4n) is 0.627. The Balaban J connectivity index is 3.71. The van der Waals surface area contributed by atoms with Crippen LogP contribution in [0.4, 0.5) is 0 Å². The summed E-state index contributed by atoms with van der Waals surface area (Å²) in [6, 6.07) is 0. The molecule has 0 rings (SSSR count). The van der Waals surface area contributed by atoms with E-state index in [1.807, 2.05) is 0 Å². The van der Waals surface area contributed by atoms with Crippen LogP contribution in [0.5, 0.6) is 0 Å². The first kappa shape index (κ1) is 13.4. The SMILES string of the molecule is C=C(C)COC(=O)CC(=O)OCC(=C)C. The van der Waals surface area contributed by atoms with Crippen LogP contribution < -0.4 is 0 Å². The minimum Gasteiger partial charge on any atom is -0.461 e. The summed E-state index contributed by atoms with van der Waals surface area (Å²) in [7, 11) is 0. The molecule has 0 atom stereocenters. The van der Waals surface area contributed by atoms with Gasteiger partial charge in [0.2, 0.25) is 0 Å². The fourth-order valence-corrected chi connectivity index (χ4v) is 0.627. The van der Waals surface area contributed by atoms with E-state index in [0.717, 1.165) is 11.1 Å². The first-order chi connectivity index (χ1) is 6.91. The predicted octanol–water partition coefficient (Wildman–Crippen LogP) is 1.62. The Labute approximate surface area is 89.6 Å². The summed E-state index contributed by atoms with van der Waals surface area (Å²) in [4.78, 5) is 22.0. The quantitative estimate of drug-likeness (QED) is 0.381. The molecule has 0 radical (unpaired) electrons. The van der Waals surface area contributed by atoms with Crippen LogP contribution in [-0.4, -0.2) is 25.2 Å².